The summed E-state index contributed by atoms with van der Waals surface area (Å²) in [7, 11) is 1.58. The van der Waals surface area contributed by atoms with Gasteiger partial charge in [-0.3, -0.25) is 9.69 Å². The van der Waals surface area contributed by atoms with E-state index in [1.807, 2.05) is 45.0 Å². The summed E-state index contributed by atoms with van der Waals surface area (Å²) in [4.78, 5) is 25.9. The summed E-state index contributed by atoms with van der Waals surface area (Å²) in [6.45, 7) is 5.94. The molecule has 0 unspecified atom stereocenters. The summed E-state index contributed by atoms with van der Waals surface area (Å²) in [6, 6.07) is 7.52. The SMILES string of the molecule is CNC(=O)[C@@H]1[C@H](c2ccc(I)cc2)CN1C(=O)OC(C)(C)C. The van der Waals surface area contributed by atoms with E-state index in [1.165, 1.54) is 4.90 Å². The molecule has 1 N–H and O–H groups in total. The van der Waals surface area contributed by atoms with Gasteiger partial charge in [-0.15, -0.1) is 0 Å². The number of carbonyl (C=O) groups excluding carboxylic acids is 2. The molecule has 1 fully saturated rings. The lowest BCUT2D eigenvalue weighted by atomic mass is 9.82. The van der Waals surface area contributed by atoms with E-state index in [9.17, 15) is 9.59 Å². The molecule has 5 nitrogen and oxygen atoms in total. The van der Waals surface area contributed by atoms with Crippen molar-refractivity contribution in [3.05, 3.63) is 33.4 Å². The van der Waals surface area contributed by atoms with Crippen molar-refractivity contribution in [3.63, 3.8) is 0 Å². The molecule has 0 bridgehead atoms. The Hall–Kier alpha value is -1.31. The van der Waals surface area contributed by atoms with E-state index >= 15 is 0 Å². The van der Waals surface area contributed by atoms with Crippen molar-refractivity contribution in [2.75, 3.05) is 13.6 Å². The van der Waals surface area contributed by atoms with Crippen molar-refractivity contribution in [3.8, 4) is 0 Å². The fourth-order valence-electron chi connectivity index (χ4n) is 2.48. The third-order valence-electron chi connectivity index (χ3n) is 3.55. The molecular weight excluding hydrogens is 395 g/mol. The predicted octanol–water partition coefficient (Wildman–Crippen LogP) is 2.74. The van der Waals surface area contributed by atoms with Gasteiger partial charge in [0.2, 0.25) is 5.91 Å². The van der Waals surface area contributed by atoms with Gasteiger partial charge in [0.1, 0.15) is 11.6 Å². The monoisotopic (exact) mass is 416 g/mol. The van der Waals surface area contributed by atoms with Crippen LogP contribution in [0.4, 0.5) is 4.79 Å². The fourth-order valence-corrected chi connectivity index (χ4v) is 2.84. The number of rotatable bonds is 2. The van der Waals surface area contributed by atoms with Crippen LogP contribution < -0.4 is 5.32 Å². The Morgan fingerprint density at radius 2 is 1.86 bits per heavy atom. The average molecular weight is 416 g/mol. The normalized spacial score (nSPS) is 21.0. The second kappa shape index (κ2) is 6.44. The van der Waals surface area contributed by atoms with E-state index in [1.54, 1.807) is 7.05 Å². The number of likely N-dealkylation sites (tertiary alicyclic amines) is 1. The Kier molecular flexibility index (Phi) is 4.99. The Morgan fingerprint density at radius 3 is 2.36 bits per heavy atom. The predicted molar refractivity (Wildman–Crippen MR) is 92.7 cm³/mol. The molecule has 2 amide bonds. The maximum absolute atomic E-state index is 12.2. The number of hydrogen-bond acceptors (Lipinski definition) is 3. The van der Waals surface area contributed by atoms with Crippen molar-refractivity contribution >= 4 is 34.6 Å². The molecule has 0 spiro atoms. The number of likely N-dealkylation sites (N-methyl/N-ethyl adjacent to an activating group) is 1. The summed E-state index contributed by atoms with van der Waals surface area (Å²) < 4.78 is 6.52. The van der Waals surface area contributed by atoms with Gasteiger partial charge in [-0.2, -0.15) is 0 Å². The zero-order valence-corrected chi connectivity index (χ0v) is 15.4. The highest BCUT2D eigenvalue weighted by atomic mass is 127. The van der Waals surface area contributed by atoms with Gasteiger partial charge in [0.25, 0.3) is 0 Å². The van der Waals surface area contributed by atoms with Crippen LogP contribution in [0.25, 0.3) is 0 Å². The largest absolute Gasteiger partial charge is 0.444 e. The van der Waals surface area contributed by atoms with Gasteiger partial charge in [-0.1, -0.05) is 12.1 Å². The van der Waals surface area contributed by atoms with Crippen LogP contribution in [0.2, 0.25) is 0 Å². The van der Waals surface area contributed by atoms with Crippen LogP contribution in [-0.4, -0.2) is 42.1 Å². The minimum Gasteiger partial charge on any atom is -0.444 e. The molecule has 1 aromatic carbocycles. The molecule has 1 aromatic rings. The number of hydrogen-bond donors (Lipinski definition) is 1. The van der Waals surface area contributed by atoms with Crippen LogP contribution in [0.3, 0.4) is 0 Å². The minimum absolute atomic E-state index is 0.00414. The molecule has 22 heavy (non-hydrogen) atoms. The molecule has 6 heteroatoms. The van der Waals surface area contributed by atoms with Gasteiger partial charge >= 0.3 is 6.09 Å². The third kappa shape index (κ3) is 3.71. The van der Waals surface area contributed by atoms with Gasteiger partial charge in [0.15, 0.2) is 0 Å². The Labute approximate surface area is 144 Å². The van der Waals surface area contributed by atoms with E-state index < -0.39 is 17.7 Å². The molecule has 0 aliphatic carbocycles. The first-order chi connectivity index (χ1) is 10.2. The average Bonchev–Trinajstić information content (AvgIpc) is 2.37. The number of ether oxygens (including phenoxy) is 1. The first kappa shape index (κ1) is 17.1. The number of nitrogens with one attached hydrogen (secondary N) is 1. The van der Waals surface area contributed by atoms with Crippen LogP contribution in [0.15, 0.2) is 24.3 Å². The molecule has 1 aliphatic heterocycles. The first-order valence-electron chi connectivity index (χ1n) is 7.19. The first-order valence-corrected chi connectivity index (χ1v) is 8.27. The van der Waals surface area contributed by atoms with E-state index in [0.717, 1.165) is 9.13 Å². The summed E-state index contributed by atoms with van der Waals surface area (Å²) in [5.41, 5.74) is 0.493. The molecule has 120 valence electrons. The van der Waals surface area contributed by atoms with Gasteiger partial charge < -0.3 is 10.1 Å². The van der Waals surface area contributed by atoms with Crippen LogP contribution in [0, 0.1) is 3.57 Å². The summed E-state index contributed by atoms with van der Waals surface area (Å²) in [5.74, 6) is -0.162. The number of amides is 2. The standard InChI is InChI=1S/C16H21IN2O3/c1-16(2,3)22-15(21)19-9-12(13(19)14(20)18-4)10-5-7-11(17)8-6-10/h5-8,12-13H,9H2,1-4H3,(H,18,20)/t12-,13-/m0/s1. The van der Waals surface area contributed by atoms with Crippen molar-refractivity contribution in [1.82, 2.24) is 10.2 Å². The third-order valence-corrected chi connectivity index (χ3v) is 4.27. The highest BCUT2D eigenvalue weighted by molar-refractivity contribution is 14.1. The second-order valence-corrected chi connectivity index (χ2v) is 7.60. The Morgan fingerprint density at radius 1 is 1.27 bits per heavy atom. The lowest BCUT2D eigenvalue weighted by Gasteiger charge is -2.46. The zero-order chi connectivity index (χ0) is 16.5. The summed E-state index contributed by atoms with van der Waals surface area (Å²) >= 11 is 2.24. The molecule has 1 aliphatic rings. The fraction of sp³-hybridized carbons (Fsp3) is 0.500. The van der Waals surface area contributed by atoms with Gasteiger partial charge in [-0.05, 0) is 61.1 Å². The van der Waals surface area contributed by atoms with Crippen LogP contribution in [-0.2, 0) is 9.53 Å². The highest BCUT2D eigenvalue weighted by Crippen LogP contribution is 2.35. The smallest absolute Gasteiger partial charge is 0.411 e. The lowest BCUT2D eigenvalue weighted by Crippen LogP contribution is -2.63. The summed E-state index contributed by atoms with van der Waals surface area (Å²) in [5, 5.41) is 2.64. The number of nitrogens with zero attached hydrogens (tertiary/aromatic N) is 1. The van der Waals surface area contributed by atoms with E-state index in [-0.39, 0.29) is 11.8 Å². The van der Waals surface area contributed by atoms with E-state index in [0.29, 0.717) is 6.54 Å². The number of halogens is 1. The molecule has 2 rings (SSSR count). The van der Waals surface area contributed by atoms with Gasteiger partial charge in [0, 0.05) is 23.1 Å². The molecule has 1 heterocycles. The highest BCUT2D eigenvalue weighted by Gasteiger charge is 2.48. The molecule has 0 saturated carbocycles. The van der Waals surface area contributed by atoms with E-state index in [2.05, 4.69) is 27.9 Å². The second-order valence-electron chi connectivity index (χ2n) is 6.35. The Balaban J connectivity index is 2.17. The zero-order valence-electron chi connectivity index (χ0n) is 13.2. The van der Waals surface area contributed by atoms with Gasteiger partial charge in [-0.25, -0.2) is 4.79 Å². The van der Waals surface area contributed by atoms with Crippen molar-refractivity contribution in [2.24, 2.45) is 0 Å². The van der Waals surface area contributed by atoms with Crippen LogP contribution in [0.5, 0.6) is 0 Å². The quantitative estimate of drug-likeness (QED) is 0.755. The maximum Gasteiger partial charge on any atom is 0.411 e. The molecule has 1 saturated heterocycles. The summed E-state index contributed by atoms with van der Waals surface area (Å²) in [6.07, 6.45) is -0.442. The van der Waals surface area contributed by atoms with E-state index in [4.69, 9.17) is 4.74 Å². The molecular formula is C16H21IN2O3. The maximum atomic E-state index is 12.2. The van der Waals surface area contributed by atoms with Gasteiger partial charge in [0.05, 0.1) is 0 Å². The van der Waals surface area contributed by atoms with Crippen LogP contribution in [0.1, 0.15) is 32.3 Å². The molecule has 2 atom stereocenters. The van der Waals surface area contributed by atoms with Crippen molar-refractivity contribution in [1.29, 1.82) is 0 Å². The number of carbonyl (C=O) groups is 2. The Bertz CT molecular complexity index is 566. The topological polar surface area (TPSA) is 58.6 Å². The number of benzene rings is 1. The van der Waals surface area contributed by atoms with Crippen molar-refractivity contribution < 1.29 is 14.3 Å². The van der Waals surface area contributed by atoms with Crippen LogP contribution >= 0.6 is 22.6 Å². The molecule has 0 aromatic heterocycles. The lowest BCUT2D eigenvalue weighted by molar-refractivity contribution is -0.131. The van der Waals surface area contributed by atoms with Crippen molar-refractivity contribution in [2.45, 2.75) is 38.3 Å². The minimum atomic E-state index is -0.571. The molecule has 0 radical (unpaired) electrons.